The van der Waals surface area contributed by atoms with Crippen LogP contribution in [0.5, 0.6) is 0 Å². The summed E-state index contributed by atoms with van der Waals surface area (Å²) in [6.07, 6.45) is 0.908. The summed E-state index contributed by atoms with van der Waals surface area (Å²) >= 11 is 1.43. The number of thiazole rings is 1. The van der Waals surface area contributed by atoms with E-state index in [1.807, 2.05) is 54.7 Å². The molecule has 30 heavy (non-hydrogen) atoms. The molecule has 1 amide bonds. The molecule has 0 spiro atoms. The van der Waals surface area contributed by atoms with E-state index >= 15 is 0 Å². The smallest absolute Gasteiger partial charge is 0.257 e. The van der Waals surface area contributed by atoms with Gasteiger partial charge in [0.2, 0.25) is 0 Å². The number of nitrogens with zero attached hydrogens (tertiary/aromatic N) is 2. The molecule has 1 aromatic heterocycles. The van der Waals surface area contributed by atoms with Gasteiger partial charge in [-0.1, -0.05) is 60.7 Å². The van der Waals surface area contributed by atoms with Crippen molar-refractivity contribution in [3.8, 4) is 11.3 Å². The van der Waals surface area contributed by atoms with Gasteiger partial charge >= 0.3 is 0 Å². The fraction of sp³-hybridized carbons (Fsp3) is 0.120. The average Bonchev–Trinajstić information content (AvgIpc) is 3.23. The largest absolute Gasteiger partial charge is 0.378 e. The van der Waals surface area contributed by atoms with Gasteiger partial charge in [-0.2, -0.15) is 0 Å². The topological polar surface area (TPSA) is 45.2 Å². The predicted octanol–water partition coefficient (Wildman–Crippen LogP) is 5.72. The Morgan fingerprint density at radius 2 is 1.67 bits per heavy atom. The van der Waals surface area contributed by atoms with Crippen LogP contribution in [-0.4, -0.2) is 25.0 Å². The van der Waals surface area contributed by atoms with Crippen molar-refractivity contribution in [3.63, 3.8) is 0 Å². The van der Waals surface area contributed by atoms with Crippen molar-refractivity contribution >= 4 is 28.1 Å². The van der Waals surface area contributed by atoms with Gasteiger partial charge in [-0.25, -0.2) is 4.98 Å². The lowest BCUT2D eigenvalue weighted by Crippen LogP contribution is -2.14. The Morgan fingerprint density at radius 1 is 0.933 bits per heavy atom. The first-order chi connectivity index (χ1) is 14.6. The Bertz CT molecular complexity index is 1130. The van der Waals surface area contributed by atoms with Crippen LogP contribution in [0.2, 0.25) is 0 Å². The van der Waals surface area contributed by atoms with Gasteiger partial charge in [-0.3, -0.25) is 10.1 Å². The van der Waals surface area contributed by atoms with Gasteiger partial charge in [0.25, 0.3) is 5.91 Å². The summed E-state index contributed by atoms with van der Waals surface area (Å²) < 4.78 is 0. The van der Waals surface area contributed by atoms with Crippen LogP contribution in [0.25, 0.3) is 11.3 Å². The lowest BCUT2D eigenvalue weighted by Gasteiger charge is -2.13. The van der Waals surface area contributed by atoms with Crippen LogP contribution in [0.3, 0.4) is 0 Å². The summed E-state index contributed by atoms with van der Waals surface area (Å²) in [6, 6.07) is 26.4. The summed E-state index contributed by atoms with van der Waals surface area (Å²) in [5, 5.41) is 5.47. The Morgan fingerprint density at radius 3 is 2.40 bits per heavy atom. The summed E-state index contributed by atoms with van der Waals surface area (Å²) in [5.41, 5.74) is 6.06. The Balaban J connectivity index is 1.43. The van der Waals surface area contributed by atoms with Crippen molar-refractivity contribution in [1.82, 2.24) is 4.98 Å². The number of carbonyl (C=O) groups is 1. The van der Waals surface area contributed by atoms with Gasteiger partial charge in [-0.05, 0) is 35.7 Å². The molecule has 0 unspecified atom stereocenters. The Labute approximate surface area is 180 Å². The molecule has 4 aromatic rings. The maximum absolute atomic E-state index is 12.6. The third kappa shape index (κ3) is 4.75. The molecule has 0 aliphatic rings. The maximum atomic E-state index is 12.6. The molecule has 0 saturated carbocycles. The third-order valence-electron chi connectivity index (χ3n) is 4.85. The fourth-order valence-electron chi connectivity index (χ4n) is 3.18. The zero-order chi connectivity index (χ0) is 20.9. The lowest BCUT2D eigenvalue weighted by molar-refractivity contribution is 0.102. The van der Waals surface area contributed by atoms with Crippen molar-refractivity contribution in [3.05, 3.63) is 101 Å². The van der Waals surface area contributed by atoms with Gasteiger partial charge in [0.1, 0.15) is 0 Å². The van der Waals surface area contributed by atoms with Crippen molar-refractivity contribution in [2.24, 2.45) is 0 Å². The van der Waals surface area contributed by atoms with E-state index in [4.69, 9.17) is 0 Å². The van der Waals surface area contributed by atoms with Crippen LogP contribution in [0.15, 0.2) is 84.2 Å². The number of amides is 1. The minimum Gasteiger partial charge on any atom is -0.378 e. The van der Waals surface area contributed by atoms with Gasteiger partial charge in [0.05, 0.1) is 5.69 Å². The second-order valence-corrected chi connectivity index (χ2v) is 8.15. The Kier molecular flexibility index (Phi) is 5.91. The molecule has 0 aliphatic heterocycles. The summed E-state index contributed by atoms with van der Waals surface area (Å²) in [7, 11) is 3.91. The molecule has 0 atom stereocenters. The second-order valence-electron chi connectivity index (χ2n) is 7.30. The number of hydrogen-bond acceptors (Lipinski definition) is 4. The van der Waals surface area contributed by atoms with Gasteiger partial charge in [-0.15, -0.1) is 11.3 Å². The maximum Gasteiger partial charge on any atom is 0.257 e. The molecule has 5 heteroatoms. The van der Waals surface area contributed by atoms with E-state index < -0.39 is 0 Å². The Hall–Kier alpha value is -3.44. The average molecular weight is 414 g/mol. The molecule has 1 N–H and O–H groups in total. The first-order valence-corrected chi connectivity index (χ1v) is 10.6. The van der Waals surface area contributed by atoms with Crippen LogP contribution < -0.4 is 10.2 Å². The number of anilines is 2. The SMILES string of the molecule is CN(C)c1cccc(C(=O)Nc2nc(-c3ccc(Cc4ccccc4)cc3)cs2)c1. The molecule has 0 radical (unpaired) electrons. The number of carbonyl (C=O) groups excluding carboxylic acids is 1. The number of nitrogens with one attached hydrogen (secondary N) is 1. The van der Waals surface area contributed by atoms with E-state index in [1.165, 1.54) is 22.5 Å². The van der Waals surface area contributed by atoms with E-state index in [0.29, 0.717) is 10.7 Å². The van der Waals surface area contributed by atoms with Crippen LogP contribution >= 0.6 is 11.3 Å². The third-order valence-corrected chi connectivity index (χ3v) is 5.61. The normalized spacial score (nSPS) is 10.6. The zero-order valence-corrected chi connectivity index (χ0v) is 17.8. The fourth-order valence-corrected chi connectivity index (χ4v) is 3.90. The molecule has 0 bridgehead atoms. The first kappa shape index (κ1) is 19.9. The molecular formula is C25H23N3OS. The number of rotatable bonds is 6. The molecule has 1 heterocycles. The standard InChI is InChI=1S/C25H23N3OS/c1-28(2)22-10-6-9-21(16-22)24(29)27-25-26-23(17-30-25)20-13-11-19(12-14-20)15-18-7-4-3-5-8-18/h3-14,16-17H,15H2,1-2H3,(H,26,27,29). The van der Waals surface area contributed by atoms with Crippen molar-refractivity contribution < 1.29 is 4.79 Å². The van der Waals surface area contributed by atoms with Crippen molar-refractivity contribution in [2.75, 3.05) is 24.3 Å². The van der Waals surface area contributed by atoms with E-state index in [-0.39, 0.29) is 5.91 Å². The predicted molar refractivity (Wildman–Crippen MR) is 126 cm³/mol. The van der Waals surface area contributed by atoms with Crippen LogP contribution in [0, 0.1) is 0 Å². The molecule has 0 fully saturated rings. The minimum absolute atomic E-state index is 0.155. The van der Waals surface area contributed by atoms with E-state index in [0.717, 1.165) is 23.4 Å². The summed E-state index contributed by atoms with van der Waals surface area (Å²) in [5.74, 6) is -0.155. The zero-order valence-electron chi connectivity index (χ0n) is 17.0. The van der Waals surface area contributed by atoms with Gasteiger partial charge in [0.15, 0.2) is 5.13 Å². The number of benzene rings is 3. The number of hydrogen-bond donors (Lipinski definition) is 1. The van der Waals surface area contributed by atoms with Gasteiger partial charge < -0.3 is 4.90 Å². The van der Waals surface area contributed by atoms with Gasteiger partial charge in [0, 0.05) is 36.3 Å². The highest BCUT2D eigenvalue weighted by atomic mass is 32.1. The summed E-state index contributed by atoms with van der Waals surface area (Å²) in [6.45, 7) is 0. The van der Waals surface area contributed by atoms with E-state index in [1.54, 1.807) is 0 Å². The van der Waals surface area contributed by atoms with E-state index in [9.17, 15) is 4.79 Å². The van der Waals surface area contributed by atoms with Crippen molar-refractivity contribution in [2.45, 2.75) is 6.42 Å². The highest BCUT2D eigenvalue weighted by Crippen LogP contribution is 2.26. The molecule has 150 valence electrons. The quantitative estimate of drug-likeness (QED) is 0.440. The molecule has 0 saturated heterocycles. The van der Waals surface area contributed by atoms with Crippen LogP contribution in [-0.2, 0) is 6.42 Å². The first-order valence-electron chi connectivity index (χ1n) is 9.76. The molecule has 3 aromatic carbocycles. The minimum atomic E-state index is -0.155. The van der Waals surface area contributed by atoms with Crippen LogP contribution in [0.1, 0.15) is 21.5 Å². The molecular weight excluding hydrogens is 390 g/mol. The highest BCUT2D eigenvalue weighted by molar-refractivity contribution is 7.14. The molecule has 0 aliphatic carbocycles. The van der Waals surface area contributed by atoms with Crippen molar-refractivity contribution in [1.29, 1.82) is 0 Å². The molecule has 4 rings (SSSR count). The molecule has 4 nitrogen and oxygen atoms in total. The lowest BCUT2D eigenvalue weighted by atomic mass is 10.0. The van der Waals surface area contributed by atoms with Crippen LogP contribution in [0.4, 0.5) is 10.8 Å². The summed E-state index contributed by atoms with van der Waals surface area (Å²) in [4.78, 5) is 19.2. The number of aromatic nitrogens is 1. The van der Waals surface area contributed by atoms with E-state index in [2.05, 4.69) is 58.8 Å². The highest BCUT2D eigenvalue weighted by Gasteiger charge is 2.11. The second kappa shape index (κ2) is 8.93. The monoisotopic (exact) mass is 413 g/mol.